The van der Waals surface area contributed by atoms with E-state index in [1.54, 1.807) is 23.7 Å². The van der Waals surface area contributed by atoms with E-state index in [1.165, 1.54) is 15.6 Å². The SMILES string of the molecule is CCn1cc(-c2cnc3nnn(Cc4csc5ccccc45)c3n2)cn1. The van der Waals surface area contributed by atoms with Gasteiger partial charge in [-0.3, -0.25) is 4.68 Å². The van der Waals surface area contributed by atoms with Crippen molar-refractivity contribution in [3.05, 3.63) is 53.8 Å². The van der Waals surface area contributed by atoms with E-state index in [0.717, 1.165) is 17.8 Å². The number of rotatable bonds is 4. The molecule has 0 spiro atoms. The van der Waals surface area contributed by atoms with Gasteiger partial charge in [-0.1, -0.05) is 23.4 Å². The Morgan fingerprint density at radius 3 is 2.96 bits per heavy atom. The molecule has 0 radical (unpaired) electrons. The van der Waals surface area contributed by atoms with Crippen LogP contribution in [0.4, 0.5) is 0 Å². The van der Waals surface area contributed by atoms with Crippen molar-refractivity contribution in [1.82, 2.24) is 34.7 Å². The van der Waals surface area contributed by atoms with Gasteiger partial charge in [0.1, 0.15) is 0 Å². The monoisotopic (exact) mass is 361 g/mol. The van der Waals surface area contributed by atoms with Gasteiger partial charge in [-0.25, -0.2) is 14.6 Å². The zero-order chi connectivity index (χ0) is 17.5. The van der Waals surface area contributed by atoms with Crippen molar-refractivity contribution in [1.29, 1.82) is 0 Å². The van der Waals surface area contributed by atoms with Gasteiger partial charge in [0.05, 0.1) is 24.6 Å². The Morgan fingerprint density at radius 1 is 1.15 bits per heavy atom. The van der Waals surface area contributed by atoms with E-state index >= 15 is 0 Å². The molecular formula is C18H15N7S. The van der Waals surface area contributed by atoms with Crippen LogP contribution in [0.25, 0.3) is 32.6 Å². The van der Waals surface area contributed by atoms with E-state index in [0.29, 0.717) is 17.8 Å². The molecule has 0 aliphatic heterocycles. The molecule has 4 aromatic heterocycles. The van der Waals surface area contributed by atoms with Gasteiger partial charge in [0, 0.05) is 23.0 Å². The number of nitrogens with zero attached hydrogens (tertiary/aromatic N) is 7. The van der Waals surface area contributed by atoms with Crippen LogP contribution in [-0.2, 0) is 13.1 Å². The molecule has 0 bridgehead atoms. The van der Waals surface area contributed by atoms with Gasteiger partial charge in [-0.05, 0) is 29.3 Å². The van der Waals surface area contributed by atoms with Crippen LogP contribution in [0, 0.1) is 0 Å². The maximum Gasteiger partial charge on any atom is 0.221 e. The summed E-state index contributed by atoms with van der Waals surface area (Å²) in [6.45, 7) is 3.49. The average Bonchev–Trinajstić information content (AvgIpc) is 3.41. The second-order valence-electron chi connectivity index (χ2n) is 5.99. The molecule has 0 unspecified atom stereocenters. The van der Waals surface area contributed by atoms with Crippen molar-refractivity contribution >= 4 is 32.7 Å². The van der Waals surface area contributed by atoms with Gasteiger partial charge < -0.3 is 0 Å². The fourth-order valence-electron chi connectivity index (χ4n) is 2.99. The highest BCUT2D eigenvalue weighted by Gasteiger charge is 2.13. The number of fused-ring (bicyclic) bond motifs is 2. The smallest absolute Gasteiger partial charge is 0.221 e. The lowest BCUT2D eigenvalue weighted by Gasteiger charge is -2.02. The van der Waals surface area contributed by atoms with Crippen molar-refractivity contribution < 1.29 is 0 Å². The molecule has 0 saturated heterocycles. The van der Waals surface area contributed by atoms with E-state index < -0.39 is 0 Å². The van der Waals surface area contributed by atoms with Crippen LogP contribution >= 0.6 is 11.3 Å². The summed E-state index contributed by atoms with van der Waals surface area (Å²) in [6, 6.07) is 8.38. The van der Waals surface area contributed by atoms with Gasteiger partial charge >= 0.3 is 0 Å². The highest BCUT2D eigenvalue weighted by atomic mass is 32.1. The highest BCUT2D eigenvalue weighted by molar-refractivity contribution is 7.17. The summed E-state index contributed by atoms with van der Waals surface area (Å²) in [5, 5.41) is 16.1. The third-order valence-electron chi connectivity index (χ3n) is 4.36. The molecule has 0 atom stereocenters. The van der Waals surface area contributed by atoms with Gasteiger partial charge in [-0.2, -0.15) is 5.10 Å². The van der Waals surface area contributed by atoms with E-state index in [4.69, 9.17) is 4.98 Å². The van der Waals surface area contributed by atoms with E-state index in [-0.39, 0.29) is 0 Å². The van der Waals surface area contributed by atoms with Crippen LogP contribution < -0.4 is 0 Å². The molecule has 0 aliphatic carbocycles. The maximum absolute atomic E-state index is 4.74. The second kappa shape index (κ2) is 5.99. The van der Waals surface area contributed by atoms with Crippen LogP contribution in [0.1, 0.15) is 12.5 Å². The standard InChI is InChI=1S/C18H15N7S/c1-2-24-9-12(7-20-24)15-8-19-17-18(21-15)25(23-22-17)10-13-11-26-16-6-4-3-5-14(13)16/h3-9,11H,2,10H2,1H3. The number of hydrogen-bond donors (Lipinski definition) is 0. The highest BCUT2D eigenvalue weighted by Crippen LogP contribution is 2.27. The van der Waals surface area contributed by atoms with E-state index in [1.807, 2.05) is 15.6 Å². The van der Waals surface area contributed by atoms with E-state index in [2.05, 4.69) is 57.0 Å². The van der Waals surface area contributed by atoms with Crippen molar-refractivity contribution in [2.45, 2.75) is 20.0 Å². The minimum Gasteiger partial charge on any atom is -0.272 e. The molecule has 26 heavy (non-hydrogen) atoms. The molecule has 0 aliphatic rings. The number of thiophene rings is 1. The van der Waals surface area contributed by atoms with Gasteiger partial charge in [-0.15, -0.1) is 16.4 Å². The number of hydrogen-bond acceptors (Lipinski definition) is 6. The lowest BCUT2D eigenvalue weighted by Crippen LogP contribution is -2.03. The fraction of sp³-hybridized carbons (Fsp3) is 0.167. The summed E-state index contributed by atoms with van der Waals surface area (Å²) in [4.78, 5) is 9.15. The second-order valence-corrected chi connectivity index (χ2v) is 6.90. The first-order chi connectivity index (χ1) is 12.8. The van der Waals surface area contributed by atoms with E-state index in [9.17, 15) is 0 Å². The molecule has 7 nitrogen and oxygen atoms in total. The van der Waals surface area contributed by atoms with Gasteiger partial charge in [0.25, 0.3) is 0 Å². The first-order valence-corrected chi connectivity index (χ1v) is 9.24. The summed E-state index contributed by atoms with van der Waals surface area (Å²) in [5.74, 6) is 0. The van der Waals surface area contributed by atoms with Crippen LogP contribution in [0.5, 0.6) is 0 Å². The van der Waals surface area contributed by atoms with Gasteiger partial charge in [0.15, 0.2) is 5.65 Å². The third-order valence-corrected chi connectivity index (χ3v) is 5.37. The van der Waals surface area contributed by atoms with Crippen LogP contribution in [0.3, 0.4) is 0 Å². The number of benzene rings is 1. The molecule has 128 valence electrons. The molecule has 0 saturated carbocycles. The third kappa shape index (κ3) is 2.46. The average molecular weight is 361 g/mol. The zero-order valence-corrected chi connectivity index (χ0v) is 14.9. The predicted molar refractivity (Wildman–Crippen MR) is 101 cm³/mol. The first-order valence-electron chi connectivity index (χ1n) is 8.36. The maximum atomic E-state index is 4.74. The molecular weight excluding hydrogens is 346 g/mol. The largest absolute Gasteiger partial charge is 0.272 e. The van der Waals surface area contributed by atoms with Crippen LogP contribution in [-0.4, -0.2) is 34.7 Å². The quantitative estimate of drug-likeness (QED) is 0.491. The lowest BCUT2D eigenvalue weighted by atomic mass is 10.2. The van der Waals surface area contributed by atoms with Crippen molar-refractivity contribution in [3.8, 4) is 11.3 Å². The van der Waals surface area contributed by atoms with Crippen molar-refractivity contribution in [2.75, 3.05) is 0 Å². The molecule has 5 aromatic rings. The Balaban J connectivity index is 1.56. The molecule has 0 fully saturated rings. The Hall–Kier alpha value is -3.13. The Morgan fingerprint density at radius 2 is 2.08 bits per heavy atom. The Kier molecular flexibility index (Phi) is 3.49. The summed E-state index contributed by atoms with van der Waals surface area (Å²) < 4.78 is 4.95. The normalized spacial score (nSPS) is 11.6. The minimum atomic E-state index is 0.552. The van der Waals surface area contributed by atoms with Crippen molar-refractivity contribution in [2.24, 2.45) is 0 Å². The number of aryl methyl sites for hydroxylation is 1. The van der Waals surface area contributed by atoms with Crippen LogP contribution in [0.15, 0.2) is 48.2 Å². The minimum absolute atomic E-state index is 0.552. The molecule has 4 heterocycles. The molecule has 1 aromatic carbocycles. The summed E-state index contributed by atoms with van der Waals surface area (Å²) >= 11 is 1.74. The number of aromatic nitrogens is 7. The lowest BCUT2D eigenvalue weighted by molar-refractivity contribution is 0.660. The first kappa shape index (κ1) is 15.2. The molecule has 0 amide bonds. The zero-order valence-electron chi connectivity index (χ0n) is 14.1. The summed E-state index contributed by atoms with van der Waals surface area (Å²) in [7, 11) is 0. The fourth-order valence-corrected chi connectivity index (χ4v) is 3.94. The summed E-state index contributed by atoms with van der Waals surface area (Å²) in [5.41, 5.74) is 4.16. The Labute approximate surface area is 152 Å². The predicted octanol–water partition coefficient (Wildman–Crippen LogP) is 3.37. The van der Waals surface area contributed by atoms with Crippen LogP contribution in [0.2, 0.25) is 0 Å². The Bertz CT molecular complexity index is 1220. The summed E-state index contributed by atoms with van der Waals surface area (Å²) in [6.07, 6.45) is 5.49. The molecule has 5 rings (SSSR count). The topological polar surface area (TPSA) is 74.3 Å². The van der Waals surface area contributed by atoms with Crippen molar-refractivity contribution in [3.63, 3.8) is 0 Å². The molecule has 8 heteroatoms. The molecule has 0 N–H and O–H groups in total. The van der Waals surface area contributed by atoms with Gasteiger partial charge in [0.2, 0.25) is 5.65 Å².